The van der Waals surface area contributed by atoms with Crippen LogP contribution in [0.1, 0.15) is 37.7 Å². The molecule has 2 aliphatic rings. The summed E-state index contributed by atoms with van der Waals surface area (Å²) in [5, 5.41) is 3.17. The second kappa shape index (κ2) is 7.13. The van der Waals surface area contributed by atoms with E-state index in [1.165, 1.54) is 5.56 Å². The van der Waals surface area contributed by atoms with Gasteiger partial charge in [0, 0.05) is 24.5 Å². The number of hydrogen-bond donors (Lipinski definition) is 2. The van der Waals surface area contributed by atoms with Gasteiger partial charge in [0.1, 0.15) is 0 Å². The summed E-state index contributed by atoms with van der Waals surface area (Å²) in [5.74, 6) is -0.156. The van der Waals surface area contributed by atoms with Crippen LogP contribution in [0, 0.1) is 0 Å². The molecule has 2 saturated heterocycles. The van der Waals surface area contributed by atoms with Crippen LogP contribution in [-0.2, 0) is 16.0 Å². The smallest absolute Gasteiger partial charge is 0.231 e. The highest BCUT2D eigenvalue weighted by molar-refractivity contribution is 5.77. The number of carbonyl (C=O) groups is 2. The lowest BCUT2D eigenvalue weighted by Gasteiger charge is -2.31. The third-order valence-electron chi connectivity index (χ3n) is 5.04. The normalized spacial score (nSPS) is 28.5. The minimum Gasteiger partial charge on any atom is -0.369 e. The molecule has 0 unspecified atom stereocenters. The molecule has 5 nitrogen and oxygen atoms in total. The minimum absolute atomic E-state index is 0.135. The number of nitrogens with one attached hydrogen (secondary N) is 1. The first-order chi connectivity index (χ1) is 11.1. The number of primary amides is 1. The van der Waals surface area contributed by atoms with Crippen LogP contribution in [0.25, 0.3) is 0 Å². The van der Waals surface area contributed by atoms with Gasteiger partial charge in [0.2, 0.25) is 11.8 Å². The van der Waals surface area contributed by atoms with Crippen LogP contribution in [0.2, 0.25) is 0 Å². The lowest BCUT2D eigenvalue weighted by Crippen LogP contribution is -2.49. The standard InChI is InChI=1S/C18H25N3O2/c19-17(22)12-21-14(10-13-6-2-1-3-7-13)11-15-16(21)8-4-5-9-18(23)20-15/h1-3,6-7,14-16H,4-5,8-12H2,(H2,19,22)(H,20,23)/t14-,15+,16-/m1/s1. The zero-order valence-electron chi connectivity index (χ0n) is 13.4. The molecular formula is C18H25N3O2. The van der Waals surface area contributed by atoms with Gasteiger partial charge in [-0.3, -0.25) is 14.5 Å². The molecule has 23 heavy (non-hydrogen) atoms. The zero-order chi connectivity index (χ0) is 16.2. The number of nitrogens with two attached hydrogens (primary N) is 1. The number of rotatable bonds is 4. The van der Waals surface area contributed by atoms with Gasteiger partial charge in [-0.05, 0) is 31.2 Å². The third-order valence-corrected chi connectivity index (χ3v) is 5.04. The Labute approximate surface area is 137 Å². The van der Waals surface area contributed by atoms with Gasteiger partial charge in [0.05, 0.1) is 6.54 Å². The van der Waals surface area contributed by atoms with Gasteiger partial charge in [-0.1, -0.05) is 36.8 Å². The Morgan fingerprint density at radius 2 is 2.04 bits per heavy atom. The summed E-state index contributed by atoms with van der Waals surface area (Å²) in [6.45, 7) is 0.272. The summed E-state index contributed by atoms with van der Waals surface area (Å²) in [6.07, 6.45) is 5.35. The number of fused-ring (bicyclic) bond motifs is 1. The van der Waals surface area contributed by atoms with E-state index in [9.17, 15) is 9.59 Å². The number of benzene rings is 1. The van der Waals surface area contributed by atoms with Gasteiger partial charge < -0.3 is 11.1 Å². The quantitative estimate of drug-likeness (QED) is 0.877. The molecule has 2 fully saturated rings. The first-order valence-corrected chi connectivity index (χ1v) is 8.51. The Bertz CT molecular complexity index is 561. The first-order valence-electron chi connectivity index (χ1n) is 8.51. The van der Waals surface area contributed by atoms with Crippen molar-refractivity contribution in [3.8, 4) is 0 Å². The fourth-order valence-corrected chi connectivity index (χ4v) is 4.04. The van der Waals surface area contributed by atoms with Crippen LogP contribution in [0.15, 0.2) is 30.3 Å². The molecule has 0 radical (unpaired) electrons. The van der Waals surface area contributed by atoms with E-state index in [0.29, 0.717) is 6.42 Å². The van der Waals surface area contributed by atoms with Crippen molar-refractivity contribution in [2.24, 2.45) is 5.73 Å². The molecule has 0 aliphatic carbocycles. The lowest BCUT2D eigenvalue weighted by molar-refractivity contribution is -0.122. The van der Waals surface area contributed by atoms with Gasteiger partial charge in [0.25, 0.3) is 0 Å². The molecular weight excluding hydrogens is 290 g/mol. The summed E-state index contributed by atoms with van der Waals surface area (Å²) in [6, 6.07) is 10.9. The number of carbonyl (C=O) groups excluding carboxylic acids is 2. The number of hydrogen-bond acceptors (Lipinski definition) is 3. The predicted octanol–water partition coefficient (Wildman–Crippen LogP) is 1.22. The van der Waals surface area contributed by atoms with Crippen molar-refractivity contribution in [2.45, 2.75) is 56.7 Å². The topological polar surface area (TPSA) is 75.4 Å². The fraction of sp³-hybridized carbons (Fsp3) is 0.556. The highest BCUT2D eigenvalue weighted by Gasteiger charge is 2.42. The second-order valence-electron chi connectivity index (χ2n) is 6.71. The minimum atomic E-state index is -0.294. The Morgan fingerprint density at radius 1 is 1.26 bits per heavy atom. The van der Waals surface area contributed by atoms with E-state index in [-0.39, 0.29) is 36.5 Å². The van der Waals surface area contributed by atoms with Gasteiger partial charge in [-0.2, -0.15) is 0 Å². The Balaban J connectivity index is 1.79. The number of nitrogens with zero attached hydrogens (tertiary/aromatic N) is 1. The summed E-state index contributed by atoms with van der Waals surface area (Å²) in [7, 11) is 0. The molecule has 0 spiro atoms. The van der Waals surface area contributed by atoms with Gasteiger partial charge in [-0.25, -0.2) is 0 Å². The molecule has 2 aliphatic heterocycles. The van der Waals surface area contributed by atoms with Crippen LogP contribution in [0.3, 0.4) is 0 Å². The van der Waals surface area contributed by atoms with Crippen LogP contribution in [-0.4, -0.2) is 41.4 Å². The van der Waals surface area contributed by atoms with Crippen molar-refractivity contribution in [3.05, 3.63) is 35.9 Å². The van der Waals surface area contributed by atoms with E-state index in [4.69, 9.17) is 5.73 Å². The van der Waals surface area contributed by atoms with E-state index < -0.39 is 0 Å². The molecule has 1 aromatic carbocycles. The summed E-state index contributed by atoms with van der Waals surface area (Å²) in [5.41, 5.74) is 6.74. The third kappa shape index (κ3) is 3.91. The van der Waals surface area contributed by atoms with E-state index in [1.807, 2.05) is 18.2 Å². The molecule has 0 bridgehead atoms. The predicted molar refractivity (Wildman–Crippen MR) is 88.6 cm³/mol. The Morgan fingerprint density at radius 3 is 2.78 bits per heavy atom. The van der Waals surface area contributed by atoms with Crippen LogP contribution >= 0.6 is 0 Å². The van der Waals surface area contributed by atoms with Crippen molar-refractivity contribution < 1.29 is 9.59 Å². The number of likely N-dealkylation sites (tertiary alicyclic amines) is 1. The van der Waals surface area contributed by atoms with Crippen molar-refractivity contribution in [1.82, 2.24) is 10.2 Å². The van der Waals surface area contributed by atoms with Crippen LogP contribution < -0.4 is 11.1 Å². The van der Waals surface area contributed by atoms with E-state index in [2.05, 4.69) is 22.3 Å². The largest absolute Gasteiger partial charge is 0.369 e. The van der Waals surface area contributed by atoms with Gasteiger partial charge in [0.15, 0.2) is 0 Å². The maximum Gasteiger partial charge on any atom is 0.231 e. The average molecular weight is 315 g/mol. The molecule has 3 N–H and O–H groups in total. The Kier molecular flexibility index (Phi) is 4.96. The zero-order valence-corrected chi connectivity index (χ0v) is 13.4. The maximum absolute atomic E-state index is 12.0. The Hall–Kier alpha value is -1.88. The second-order valence-corrected chi connectivity index (χ2v) is 6.71. The van der Waals surface area contributed by atoms with Gasteiger partial charge in [-0.15, -0.1) is 0 Å². The summed E-state index contributed by atoms with van der Waals surface area (Å²) in [4.78, 5) is 25.7. The fourth-order valence-electron chi connectivity index (χ4n) is 4.04. The molecule has 2 amide bonds. The molecule has 1 aromatic rings. The molecule has 0 saturated carbocycles. The molecule has 124 valence electrons. The molecule has 2 heterocycles. The first kappa shape index (κ1) is 16.0. The maximum atomic E-state index is 12.0. The van der Waals surface area contributed by atoms with Crippen molar-refractivity contribution in [2.75, 3.05) is 6.54 Å². The summed E-state index contributed by atoms with van der Waals surface area (Å²) >= 11 is 0. The average Bonchev–Trinajstić information content (AvgIpc) is 2.78. The van der Waals surface area contributed by atoms with Crippen LogP contribution in [0.4, 0.5) is 0 Å². The molecule has 5 heteroatoms. The highest BCUT2D eigenvalue weighted by Crippen LogP contribution is 2.31. The van der Waals surface area contributed by atoms with Crippen molar-refractivity contribution in [3.63, 3.8) is 0 Å². The SMILES string of the molecule is NC(=O)CN1[C@H](Cc2ccccc2)C[C@@H]2NC(=O)CCCC[C@H]21. The van der Waals surface area contributed by atoms with Gasteiger partial charge >= 0.3 is 0 Å². The monoisotopic (exact) mass is 315 g/mol. The van der Waals surface area contributed by atoms with E-state index in [0.717, 1.165) is 32.1 Å². The van der Waals surface area contributed by atoms with Crippen molar-refractivity contribution >= 4 is 11.8 Å². The summed E-state index contributed by atoms with van der Waals surface area (Å²) < 4.78 is 0. The number of amides is 2. The lowest BCUT2D eigenvalue weighted by atomic mass is 9.97. The van der Waals surface area contributed by atoms with Crippen LogP contribution in [0.5, 0.6) is 0 Å². The highest BCUT2D eigenvalue weighted by atomic mass is 16.2. The van der Waals surface area contributed by atoms with E-state index >= 15 is 0 Å². The molecule has 0 aromatic heterocycles. The molecule has 3 rings (SSSR count). The van der Waals surface area contributed by atoms with Crippen molar-refractivity contribution in [1.29, 1.82) is 0 Å². The molecule has 3 atom stereocenters. The van der Waals surface area contributed by atoms with E-state index in [1.54, 1.807) is 0 Å².